The van der Waals surface area contributed by atoms with E-state index >= 15 is 0 Å². The van der Waals surface area contributed by atoms with Crippen LogP contribution in [0.25, 0.3) is 10.9 Å². The molecule has 0 atom stereocenters. The summed E-state index contributed by atoms with van der Waals surface area (Å²) in [5.74, 6) is -0.578. The molecule has 2 N–H and O–H groups in total. The van der Waals surface area contributed by atoms with Gasteiger partial charge in [0, 0.05) is 11.4 Å². The normalized spacial score (nSPS) is 10.6. The van der Waals surface area contributed by atoms with Crippen LogP contribution >= 0.6 is 11.6 Å². The third-order valence-corrected chi connectivity index (χ3v) is 2.53. The summed E-state index contributed by atoms with van der Waals surface area (Å²) < 4.78 is 0. The van der Waals surface area contributed by atoms with Gasteiger partial charge in [0.05, 0.1) is 17.3 Å². The van der Waals surface area contributed by atoms with Crippen molar-refractivity contribution in [1.29, 1.82) is 0 Å². The molecule has 0 aliphatic rings. The standard InChI is InChI=1S/C11H9ClN2O3/c12-6-1-2-7-8(5-6)13-9(14-11(7)17)3-4-10(15)16/h1-2,5H,3-4H2,(H,15,16)(H,13,14,17). The number of halogens is 1. The van der Waals surface area contributed by atoms with E-state index in [9.17, 15) is 9.59 Å². The maximum absolute atomic E-state index is 11.7. The molecule has 88 valence electrons. The number of carboxylic acids is 1. The number of rotatable bonds is 3. The van der Waals surface area contributed by atoms with E-state index in [0.29, 0.717) is 21.7 Å². The lowest BCUT2D eigenvalue weighted by molar-refractivity contribution is -0.137. The zero-order valence-electron chi connectivity index (χ0n) is 8.74. The lowest BCUT2D eigenvalue weighted by atomic mass is 10.2. The van der Waals surface area contributed by atoms with Crippen LogP contribution in [0.4, 0.5) is 0 Å². The van der Waals surface area contributed by atoms with Crippen LogP contribution in [0.1, 0.15) is 12.2 Å². The van der Waals surface area contributed by atoms with Crippen molar-refractivity contribution in [3.8, 4) is 0 Å². The second kappa shape index (κ2) is 4.55. The van der Waals surface area contributed by atoms with Gasteiger partial charge in [-0.3, -0.25) is 9.59 Å². The quantitative estimate of drug-likeness (QED) is 0.869. The summed E-state index contributed by atoms with van der Waals surface area (Å²) in [6.07, 6.45) is 0.113. The van der Waals surface area contributed by atoms with Gasteiger partial charge in [-0.15, -0.1) is 0 Å². The van der Waals surface area contributed by atoms with Crippen LogP contribution in [0.2, 0.25) is 5.02 Å². The Kier molecular flexibility index (Phi) is 3.10. The molecule has 0 radical (unpaired) electrons. The van der Waals surface area contributed by atoms with E-state index in [2.05, 4.69) is 9.97 Å². The summed E-state index contributed by atoms with van der Waals surface area (Å²) in [6.45, 7) is 0. The van der Waals surface area contributed by atoms with E-state index in [0.717, 1.165) is 0 Å². The fraction of sp³-hybridized carbons (Fsp3) is 0.182. The first-order chi connectivity index (χ1) is 8.06. The summed E-state index contributed by atoms with van der Waals surface area (Å²) in [5, 5.41) is 9.48. The lowest BCUT2D eigenvalue weighted by Crippen LogP contribution is -2.13. The average molecular weight is 253 g/mol. The molecule has 6 heteroatoms. The molecule has 2 rings (SSSR count). The fourth-order valence-electron chi connectivity index (χ4n) is 1.50. The van der Waals surface area contributed by atoms with Gasteiger partial charge in [-0.1, -0.05) is 11.6 Å². The molecule has 1 aromatic heterocycles. The largest absolute Gasteiger partial charge is 0.481 e. The third-order valence-electron chi connectivity index (χ3n) is 2.29. The highest BCUT2D eigenvalue weighted by Gasteiger charge is 2.06. The Morgan fingerprint density at radius 2 is 2.24 bits per heavy atom. The summed E-state index contributed by atoms with van der Waals surface area (Å²) in [6, 6.07) is 4.78. The average Bonchev–Trinajstić information content (AvgIpc) is 2.25. The molecule has 5 nitrogen and oxygen atoms in total. The van der Waals surface area contributed by atoms with E-state index in [4.69, 9.17) is 16.7 Å². The molecule has 1 heterocycles. The van der Waals surface area contributed by atoms with Crippen molar-refractivity contribution in [2.45, 2.75) is 12.8 Å². The van der Waals surface area contributed by atoms with Crippen molar-refractivity contribution in [2.24, 2.45) is 0 Å². The van der Waals surface area contributed by atoms with Crippen LogP contribution in [0, 0.1) is 0 Å². The predicted octanol–water partition coefficient (Wildman–Crippen LogP) is 1.59. The highest BCUT2D eigenvalue weighted by molar-refractivity contribution is 6.31. The van der Waals surface area contributed by atoms with E-state index in [-0.39, 0.29) is 18.4 Å². The predicted molar refractivity (Wildman–Crippen MR) is 63.3 cm³/mol. The molecular weight excluding hydrogens is 244 g/mol. The van der Waals surface area contributed by atoms with Crippen molar-refractivity contribution in [3.63, 3.8) is 0 Å². The molecule has 0 fully saturated rings. The SMILES string of the molecule is O=C(O)CCc1nc2cc(Cl)ccc2c(=O)[nH]1. The first-order valence-corrected chi connectivity index (χ1v) is 5.34. The van der Waals surface area contributed by atoms with Gasteiger partial charge >= 0.3 is 5.97 Å². The van der Waals surface area contributed by atoms with E-state index in [1.807, 2.05) is 0 Å². The Labute approximate surface area is 101 Å². The molecule has 0 spiro atoms. The molecule has 0 unspecified atom stereocenters. The number of aromatic nitrogens is 2. The molecule has 0 aliphatic heterocycles. The minimum atomic E-state index is -0.932. The topological polar surface area (TPSA) is 83.0 Å². The van der Waals surface area contributed by atoms with Gasteiger partial charge in [-0.05, 0) is 18.2 Å². The Morgan fingerprint density at radius 1 is 1.47 bits per heavy atom. The van der Waals surface area contributed by atoms with Crippen molar-refractivity contribution in [1.82, 2.24) is 9.97 Å². The Morgan fingerprint density at radius 3 is 2.94 bits per heavy atom. The number of aromatic amines is 1. The Hall–Kier alpha value is -1.88. The van der Waals surface area contributed by atoms with Crippen molar-refractivity contribution in [2.75, 3.05) is 0 Å². The van der Waals surface area contributed by atoms with E-state index < -0.39 is 5.97 Å². The van der Waals surface area contributed by atoms with Crippen molar-refractivity contribution in [3.05, 3.63) is 39.4 Å². The van der Waals surface area contributed by atoms with Crippen LogP contribution < -0.4 is 5.56 Å². The maximum atomic E-state index is 11.7. The first kappa shape index (κ1) is 11.6. The van der Waals surface area contributed by atoms with Crippen molar-refractivity contribution < 1.29 is 9.90 Å². The smallest absolute Gasteiger partial charge is 0.303 e. The van der Waals surface area contributed by atoms with Gasteiger partial charge in [0.1, 0.15) is 5.82 Å². The zero-order valence-corrected chi connectivity index (χ0v) is 9.49. The molecule has 0 saturated heterocycles. The summed E-state index contributed by atoms with van der Waals surface area (Å²) in [5.41, 5.74) is 0.189. The molecule has 1 aromatic carbocycles. The van der Waals surface area contributed by atoms with Crippen LogP contribution in [0.5, 0.6) is 0 Å². The molecule has 0 amide bonds. The van der Waals surface area contributed by atoms with Crippen LogP contribution in [0.15, 0.2) is 23.0 Å². The molecule has 0 saturated carbocycles. The monoisotopic (exact) mass is 252 g/mol. The lowest BCUT2D eigenvalue weighted by Gasteiger charge is -2.01. The fourth-order valence-corrected chi connectivity index (χ4v) is 1.67. The van der Waals surface area contributed by atoms with Crippen LogP contribution in [-0.4, -0.2) is 21.0 Å². The minimum absolute atomic E-state index is 0.0744. The van der Waals surface area contributed by atoms with E-state index in [1.165, 1.54) is 0 Å². The number of aryl methyl sites for hydroxylation is 1. The third kappa shape index (κ3) is 2.62. The molecule has 0 bridgehead atoms. The Bertz CT molecular complexity index is 636. The number of benzene rings is 1. The van der Waals surface area contributed by atoms with Crippen LogP contribution in [0.3, 0.4) is 0 Å². The summed E-state index contributed by atoms with van der Waals surface area (Å²) in [7, 11) is 0. The molecule has 0 aliphatic carbocycles. The highest BCUT2D eigenvalue weighted by Crippen LogP contribution is 2.14. The minimum Gasteiger partial charge on any atom is -0.481 e. The number of fused-ring (bicyclic) bond motifs is 1. The van der Waals surface area contributed by atoms with Crippen molar-refractivity contribution >= 4 is 28.5 Å². The zero-order chi connectivity index (χ0) is 12.4. The van der Waals surface area contributed by atoms with Gasteiger partial charge < -0.3 is 10.1 Å². The molecule has 2 aromatic rings. The van der Waals surface area contributed by atoms with Crippen LogP contribution in [-0.2, 0) is 11.2 Å². The Balaban J connectivity index is 2.46. The summed E-state index contributed by atoms with van der Waals surface area (Å²) in [4.78, 5) is 28.8. The number of carbonyl (C=O) groups is 1. The maximum Gasteiger partial charge on any atom is 0.303 e. The first-order valence-electron chi connectivity index (χ1n) is 4.96. The molecule has 17 heavy (non-hydrogen) atoms. The summed E-state index contributed by atoms with van der Waals surface area (Å²) >= 11 is 5.80. The second-order valence-corrected chi connectivity index (χ2v) is 4.00. The van der Waals surface area contributed by atoms with E-state index in [1.54, 1.807) is 18.2 Å². The number of H-pyrrole nitrogens is 1. The second-order valence-electron chi connectivity index (χ2n) is 3.57. The number of hydrogen-bond donors (Lipinski definition) is 2. The highest BCUT2D eigenvalue weighted by atomic mass is 35.5. The number of carboxylic acid groups (broad SMARTS) is 1. The number of nitrogens with one attached hydrogen (secondary N) is 1. The van der Waals surface area contributed by atoms with Gasteiger partial charge in [-0.25, -0.2) is 4.98 Å². The van der Waals surface area contributed by atoms with Gasteiger partial charge in [-0.2, -0.15) is 0 Å². The number of hydrogen-bond acceptors (Lipinski definition) is 3. The number of nitrogens with zero attached hydrogens (tertiary/aromatic N) is 1. The van der Waals surface area contributed by atoms with Gasteiger partial charge in [0.15, 0.2) is 0 Å². The van der Waals surface area contributed by atoms with Gasteiger partial charge in [0.25, 0.3) is 5.56 Å². The van der Waals surface area contributed by atoms with Gasteiger partial charge in [0.2, 0.25) is 0 Å². The molecular formula is C11H9ClN2O3. The number of aliphatic carboxylic acids is 1.